The van der Waals surface area contributed by atoms with Crippen molar-refractivity contribution in [3.63, 3.8) is 0 Å². The number of non-ortho nitro benzene ring substituents is 1. The summed E-state index contributed by atoms with van der Waals surface area (Å²) in [7, 11) is 0. The topological polar surface area (TPSA) is 55.2 Å². The van der Waals surface area contributed by atoms with E-state index < -0.39 is 0 Å². The Morgan fingerprint density at radius 2 is 2.26 bits per heavy atom. The van der Waals surface area contributed by atoms with Crippen molar-refractivity contribution in [3.05, 3.63) is 38.3 Å². The molecule has 104 valence electrons. The second-order valence-corrected chi connectivity index (χ2v) is 7.01. The number of nitro groups is 1. The third-order valence-corrected chi connectivity index (χ3v) is 5.86. The first-order valence-corrected chi connectivity index (χ1v) is 8.27. The summed E-state index contributed by atoms with van der Waals surface area (Å²) in [5.41, 5.74) is 1.18. The lowest BCUT2D eigenvalue weighted by molar-refractivity contribution is -0.384. The van der Waals surface area contributed by atoms with Crippen molar-refractivity contribution in [2.75, 3.05) is 12.8 Å². The summed E-state index contributed by atoms with van der Waals surface area (Å²) >= 11 is 5.34. The lowest BCUT2D eigenvalue weighted by Gasteiger charge is -2.40. The van der Waals surface area contributed by atoms with Crippen molar-refractivity contribution < 1.29 is 4.92 Å². The fourth-order valence-electron chi connectivity index (χ4n) is 2.24. The molecule has 19 heavy (non-hydrogen) atoms. The van der Waals surface area contributed by atoms with E-state index in [1.54, 1.807) is 12.1 Å². The van der Waals surface area contributed by atoms with E-state index in [2.05, 4.69) is 27.5 Å². The van der Waals surface area contributed by atoms with Crippen LogP contribution in [-0.2, 0) is 6.54 Å². The molecule has 0 saturated heterocycles. The van der Waals surface area contributed by atoms with Gasteiger partial charge in [0, 0.05) is 34.4 Å². The molecular formula is C13H17BrN2O2S. The molecule has 6 heteroatoms. The van der Waals surface area contributed by atoms with E-state index in [1.165, 1.54) is 19.3 Å². The Kier molecular flexibility index (Phi) is 4.86. The number of rotatable bonds is 6. The van der Waals surface area contributed by atoms with E-state index in [1.807, 2.05) is 17.8 Å². The summed E-state index contributed by atoms with van der Waals surface area (Å²) in [6.45, 7) is 1.73. The highest BCUT2D eigenvalue weighted by molar-refractivity contribution is 9.10. The number of hydrogen-bond donors (Lipinski definition) is 1. The molecule has 0 aromatic heterocycles. The normalized spacial score (nSPS) is 16.9. The Balaban J connectivity index is 1.91. The van der Waals surface area contributed by atoms with Gasteiger partial charge in [-0.2, -0.15) is 11.8 Å². The molecule has 1 N–H and O–H groups in total. The van der Waals surface area contributed by atoms with Crippen LogP contribution in [0, 0.1) is 10.1 Å². The molecule has 1 aromatic rings. The van der Waals surface area contributed by atoms with Gasteiger partial charge in [0.15, 0.2) is 0 Å². The Labute approximate surface area is 125 Å². The van der Waals surface area contributed by atoms with Gasteiger partial charge in [-0.15, -0.1) is 0 Å². The molecular weight excluding hydrogens is 328 g/mol. The van der Waals surface area contributed by atoms with E-state index in [0.29, 0.717) is 4.75 Å². The Bertz CT molecular complexity index is 472. The minimum Gasteiger partial charge on any atom is -0.311 e. The monoisotopic (exact) mass is 344 g/mol. The third-order valence-electron chi connectivity index (χ3n) is 3.71. The first kappa shape index (κ1) is 14.8. The quantitative estimate of drug-likeness (QED) is 0.630. The molecule has 0 bridgehead atoms. The van der Waals surface area contributed by atoms with Gasteiger partial charge in [0.2, 0.25) is 0 Å². The largest absolute Gasteiger partial charge is 0.311 e. The van der Waals surface area contributed by atoms with Crippen LogP contribution in [0.3, 0.4) is 0 Å². The molecule has 0 spiro atoms. The zero-order chi connectivity index (χ0) is 13.9. The van der Waals surface area contributed by atoms with Crippen LogP contribution in [0.2, 0.25) is 0 Å². The van der Waals surface area contributed by atoms with Crippen molar-refractivity contribution in [3.8, 4) is 0 Å². The summed E-state index contributed by atoms with van der Waals surface area (Å²) in [5, 5.41) is 14.1. The van der Waals surface area contributed by atoms with Gasteiger partial charge >= 0.3 is 0 Å². The van der Waals surface area contributed by atoms with Gasteiger partial charge < -0.3 is 5.32 Å². The highest BCUT2D eigenvalue weighted by Crippen LogP contribution is 2.42. The lowest BCUT2D eigenvalue weighted by Crippen LogP contribution is -2.43. The molecule has 2 rings (SSSR count). The van der Waals surface area contributed by atoms with Gasteiger partial charge in [-0.1, -0.05) is 22.4 Å². The number of benzene rings is 1. The molecule has 1 aliphatic carbocycles. The van der Waals surface area contributed by atoms with E-state index in [0.717, 1.165) is 23.1 Å². The second-order valence-electron chi connectivity index (χ2n) is 4.88. The van der Waals surface area contributed by atoms with Crippen molar-refractivity contribution in [1.82, 2.24) is 5.32 Å². The summed E-state index contributed by atoms with van der Waals surface area (Å²) in [5.74, 6) is 0. The molecule has 0 atom stereocenters. The number of hydrogen-bond acceptors (Lipinski definition) is 4. The van der Waals surface area contributed by atoms with Crippen LogP contribution in [0.5, 0.6) is 0 Å². The molecule has 4 nitrogen and oxygen atoms in total. The average Bonchev–Trinajstić information content (AvgIpc) is 2.34. The first-order chi connectivity index (χ1) is 9.06. The van der Waals surface area contributed by atoms with Crippen LogP contribution in [0.25, 0.3) is 0 Å². The summed E-state index contributed by atoms with van der Waals surface area (Å²) < 4.78 is 1.20. The second kappa shape index (κ2) is 6.24. The number of thioether (sulfide) groups is 1. The molecule has 1 aliphatic rings. The standard InChI is InChI=1S/C13H17BrN2O2S/c1-19-13(5-2-6-13)9-15-8-10-3-4-11(16(17)18)7-12(10)14/h3-4,7,15H,2,5-6,8-9H2,1H3. The number of nitrogens with zero attached hydrogens (tertiary/aromatic N) is 1. The SMILES string of the molecule is CSC1(CNCc2ccc([N+](=O)[O-])cc2Br)CCC1. The molecule has 0 amide bonds. The minimum atomic E-state index is -0.376. The maximum atomic E-state index is 10.7. The van der Waals surface area contributed by atoms with E-state index in [-0.39, 0.29) is 10.6 Å². The minimum absolute atomic E-state index is 0.121. The average molecular weight is 345 g/mol. The number of halogens is 1. The molecule has 0 unspecified atom stereocenters. The smallest absolute Gasteiger partial charge is 0.270 e. The maximum absolute atomic E-state index is 10.7. The van der Waals surface area contributed by atoms with Gasteiger partial charge in [-0.25, -0.2) is 0 Å². The molecule has 0 radical (unpaired) electrons. The molecule has 1 aromatic carbocycles. The van der Waals surface area contributed by atoms with E-state index >= 15 is 0 Å². The summed E-state index contributed by atoms with van der Waals surface area (Å²) in [4.78, 5) is 10.3. The molecule has 0 aliphatic heterocycles. The Morgan fingerprint density at radius 1 is 1.53 bits per heavy atom. The van der Waals surface area contributed by atoms with Crippen LogP contribution in [0.1, 0.15) is 24.8 Å². The van der Waals surface area contributed by atoms with Crippen LogP contribution in [-0.4, -0.2) is 22.5 Å². The lowest BCUT2D eigenvalue weighted by atomic mass is 9.84. The molecule has 0 heterocycles. The number of nitrogens with one attached hydrogen (secondary N) is 1. The predicted molar refractivity (Wildman–Crippen MR) is 82.6 cm³/mol. The zero-order valence-corrected chi connectivity index (χ0v) is 13.2. The Hall–Kier alpha value is -0.590. The van der Waals surface area contributed by atoms with Crippen molar-refractivity contribution in [2.24, 2.45) is 0 Å². The van der Waals surface area contributed by atoms with Gasteiger partial charge in [-0.05, 0) is 30.7 Å². The molecule has 1 saturated carbocycles. The van der Waals surface area contributed by atoms with E-state index in [9.17, 15) is 10.1 Å². The fourth-order valence-corrected chi connectivity index (χ4v) is 3.69. The third kappa shape index (κ3) is 3.49. The van der Waals surface area contributed by atoms with Crippen LogP contribution < -0.4 is 5.32 Å². The maximum Gasteiger partial charge on any atom is 0.270 e. The van der Waals surface area contributed by atoms with Gasteiger partial charge in [0.25, 0.3) is 5.69 Å². The number of nitro benzene ring substituents is 1. The van der Waals surface area contributed by atoms with Crippen LogP contribution >= 0.6 is 27.7 Å². The fraction of sp³-hybridized carbons (Fsp3) is 0.538. The summed E-state index contributed by atoms with van der Waals surface area (Å²) in [6.07, 6.45) is 6.05. The molecule has 1 fully saturated rings. The Morgan fingerprint density at radius 3 is 2.74 bits per heavy atom. The van der Waals surface area contributed by atoms with Crippen LogP contribution in [0.4, 0.5) is 5.69 Å². The van der Waals surface area contributed by atoms with Gasteiger partial charge in [-0.3, -0.25) is 10.1 Å². The van der Waals surface area contributed by atoms with Crippen molar-refractivity contribution in [1.29, 1.82) is 0 Å². The first-order valence-electron chi connectivity index (χ1n) is 6.25. The van der Waals surface area contributed by atoms with Gasteiger partial charge in [0.05, 0.1) is 4.92 Å². The zero-order valence-electron chi connectivity index (χ0n) is 10.8. The van der Waals surface area contributed by atoms with Crippen LogP contribution in [0.15, 0.2) is 22.7 Å². The predicted octanol–water partition coefficient (Wildman–Crippen LogP) is 3.73. The van der Waals surface area contributed by atoms with E-state index in [4.69, 9.17) is 0 Å². The van der Waals surface area contributed by atoms with Gasteiger partial charge in [0.1, 0.15) is 0 Å². The summed E-state index contributed by atoms with van der Waals surface area (Å²) in [6, 6.07) is 4.92. The highest BCUT2D eigenvalue weighted by Gasteiger charge is 2.35. The highest BCUT2D eigenvalue weighted by atomic mass is 79.9. The van der Waals surface area contributed by atoms with Crippen molar-refractivity contribution in [2.45, 2.75) is 30.6 Å². The van der Waals surface area contributed by atoms with Crippen molar-refractivity contribution >= 4 is 33.4 Å².